The van der Waals surface area contributed by atoms with Gasteiger partial charge in [-0.25, -0.2) is 0 Å². The van der Waals surface area contributed by atoms with E-state index >= 15 is 0 Å². The average molecular weight is 472 g/mol. The molecule has 0 aliphatic heterocycles. The molecule has 0 heterocycles. The summed E-state index contributed by atoms with van der Waals surface area (Å²) in [6.45, 7) is 0. The Bertz CT molecular complexity index is 1250. The Morgan fingerprint density at radius 1 is 0.886 bits per heavy atom. The van der Waals surface area contributed by atoms with E-state index in [0.717, 1.165) is 35.6 Å². The summed E-state index contributed by atoms with van der Waals surface area (Å²) in [6, 6.07) is 20.0. The molecule has 1 aliphatic rings. The number of aliphatic hydroxyl groups is 1. The molecule has 35 heavy (non-hydrogen) atoms. The number of carbonyl (C=O) groups excluding carboxylic acids is 3. The van der Waals surface area contributed by atoms with Gasteiger partial charge in [-0.05, 0) is 55.2 Å². The normalized spacial score (nSPS) is 15.2. The molecule has 4 rings (SSSR count). The lowest BCUT2D eigenvalue weighted by atomic mass is 10.0. The van der Waals surface area contributed by atoms with E-state index in [2.05, 4.69) is 5.32 Å². The van der Waals surface area contributed by atoms with Crippen molar-refractivity contribution in [2.75, 3.05) is 5.32 Å². The molecule has 1 atom stereocenters. The third-order valence-corrected chi connectivity index (χ3v) is 6.12. The monoisotopic (exact) mass is 471 g/mol. The number of allylic oxidation sites excluding steroid dienone is 1. The van der Waals surface area contributed by atoms with Gasteiger partial charge in [0, 0.05) is 34.9 Å². The number of ether oxygens (including phenoxy) is 1. The van der Waals surface area contributed by atoms with Gasteiger partial charge >= 0.3 is 5.97 Å². The molecular formula is C29H29NO5. The zero-order valence-corrected chi connectivity index (χ0v) is 19.5. The number of benzene rings is 3. The predicted octanol–water partition coefficient (Wildman–Crippen LogP) is 5.60. The molecule has 1 aliphatic carbocycles. The molecule has 0 radical (unpaired) electrons. The van der Waals surface area contributed by atoms with E-state index in [4.69, 9.17) is 4.74 Å². The maximum atomic E-state index is 12.6. The summed E-state index contributed by atoms with van der Waals surface area (Å²) in [6.07, 6.45) is 5.56. The van der Waals surface area contributed by atoms with Gasteiger partial charge in [0.1, 0.15) is 5.75 Å². The van der Waals surface area contributed by atoms with Gasteiger partial charge in [0.15, 0.2) is 5.78 Å². The second-order valence-electron chi connectivity index (χ2n) is 8.75. The van der Waals surface area contributed by atoms with Gasteiger partial charge in [-0.15, -0.1) is 0 Å². The van der Waals surface area contributed by atoms with Crippen molar-refractivity contribution in [1.29, 1.82) is 0 Å². The number of nitrogens with one attached hydrogen (secondary N) is 1. The first-order valence-corrected chi connectivity index (χ1v) is 12.0. The fourth-order valence-corrected chi connectivity index (χ4v) is 4.29. The number of rotatable bonds is 10. The quantitative estimate of drug-likeness (QED) is 0.228. The van der Waals surface area contributed by atoms with Crippen molar-refractivity contribution in [2.45, 2.75) is 51.0 Å². The number of Topliss-reactive ketones (excluding diaryl/α,β-unsaturated/α-hetero) is 1. The van der Waals surface area contributed by atoms with E-state index in [1.54, 1.807) is 30.3 Å². The zero-order chi connectivity index (χ0) is 24.6. The number of unbranched alkanes of at least 4 members (excludes halogenated alkanes) is 3. The number of anilines is 1. The van der Waals surface area contributed by atoms with Crippen LogP contribution in [0.25, 0.3) is 10.8 Å². The van der Waals surface area contributed by atoms with Crippen molar-refractivity contribution in [3.63, 3.8) is 0 Å². The van der Waals surface area contributed by atoms with E-state index < -0.39 is 6.10 Å². The lowest BCUT2D eigenvalue weighted by Gasteiger charge is -2.13. The minimum absolute atomic E-state index is 0.0407. The average Bonchev–Trinajstić information content (AvgIpc) is 3.19. The maximum absolute atomic E-state index is 12.6. The van der Waals surface area contributed by atoms with E-state index in [1.807, 2.05) is 42.5 Å². The number of fused-ring (bicyclic) bond motifs is 1. The standard InChI is InChI=1S/C29H29NO5/c31-22-18-21(26(32)19-22)12-4-1-2-7-15-28(33)35-27-17-16-25(23-13-8-9-14-24(23)27)30-29(34)20-10-5-3-6-11-20/h3,5-6,8-11,13-14,16-18,22,31H,1-2,4,7,12,15,19H2,(H,30,34). The van der Waals surface area contributed by atoms with Gasteiger partial charge in [-0.2, -0.15) is 0 Å². The molecule has 3 aromatic carbocycles. The summed E-state index contributed by atoms with van der Waals surface area (Å²) in [7, 11) is 0. The van der Waals surface area contributed by atoms with Crippen LogP contribution in [0.3, 0.4) is 0 Å². The number of carbonyl (C=O) groups is 3. The Labute approximate surface area is 204 Å². The Morgan fingerprint density at radius 2 is 1.60 bits per heavy atom. The third-order valence-electron chi connectivity index (χ3n) is 6.12. The van der Waals surface area contributed by atoms with Gasteiger partial charge in [-0.3, -0.25) is 14.4 Å². The van der Waals surface area contributed by atoms with Gasteiger partial charge in [0.2, 0.25) is 0 Å². The Morgan fingerprint density at radius 3 is 2.34 bits per heavy atom. The second-order valence-corrected chi connectivity index (χ2v) is 8.75. The van der Waals surface area contributed by atoms with Crippen LogP contribution in [0.1, 0.15) is 55.3 Å². The van der Waals surface area contributed by atoms with Gasteiger partial charge < -0.3 is 15.2 Å². The summed E-state index contributed by atoms with van der Waals surface area (Å²) < 4.78 is 5.65. The number of ketones is 1. The molecule has 3 aromatic rings. The van der Waals surface area contributed by atoms with Crippen molar-refractivity contribution in [3.05, 3.63) is 83.9 Å². The highest BCUT2D eigenvalue weighted by Crippen LogP contribution is 2.32. The molecule has 0 fully saturated rings. The highest BCUT2D eigenvalue weighted by atomic mass is 16.5. The van der Waals surface area contributed by atoms with Crippen LogP contribution >= 0.6 is 0 Å². The van der Waals surface area contributed by atoms with Gasteiger partial charge in [0.05, 0.1) is 6.10 Å². The first-order chi connectivity index (χ1) is 17.0. The van der Waals surface area contributed by atoms with Crippen LogP contribution in [0, 0.1) is 0 Å². The number of hydrogen-bond acceptors (Lipinski definition) is 5. The van der Waals surface area contributed by atoms with Crippen LogP contribution in [0.2, 0.25) is 0 Å². The Kier molecular flexibility index (Phi) is 8.06. The zero-order valence-electron chi connectivity index (χ0n) is 19.5. The molecular weight excluding hydrogens is 442 g/mol. The molecule has 6 heteroatoms. The minimum Gasteiger partial charge on any atom is -0.426 e. The smallest absolute Gasteiger partial charge is 0.311 e. The molecule has 6 nitrogen and oxygen atoms in total. The summed E-state index contributed by atoms with van der Waals surface area (Å²) in [5, 5.41) is 14.0. The molecule has 1 amide bonds. The minimum atomic E-state index is -0.627. The lowest BCUT2D eigenvalue weighted by Crippen LogP contribution is -2.12. The number of amides is 1. The number of aliphatic hydroxyl groups excluding tert-OH is 1. The summed E-state index contributed by atoms with van der Waals surface area (Å²) in [5.74, 6) is 0.00537. The highest BCUT2D eigenvalue weighted by molar-refractivity contribution is 6.10. The first kappa shape index (κ1) is 24.4. The van der Waals surface area contributed by atoms with Crippen molar-refractivity contribution >= 4 is 34.1 Å². The molecule has 0 aromatic heterocycles. The van der Waals surface area contributed by atoms with Crippen molar-refractivity contribution in [2.24, 2.45) is 0 Å². The highest BCUT2D eigenvalue weighted by Gasteiger charge is 2.21. The van der Waals surface area contributed by atoms with Crippen LogP contribution in [-0.2, 0) is 9.59 Å². The van der Waals surface area contributed by atoms with Crippen molar-refractivity contribution < 1.29 is 24.2 Å². The SMILES string of the molecule is O=C(CCCCCCC1=CC(O)CC1=O)Oc1ccc(NC(=O)c2ccccc2)c2ccccc12. The maximum Gasteiger partial charge on any atom is 0.311 e. The Hall–Kier alpha value is -3.77. The molecule has 1 unspecified atom stereocenters. The molecule has 180 valence electrons. The van der Waals surface area contributed by atoms with Crippen molar-refractivity contribution in [3.8, 4) is 5.75 Å². The molecule has 0 bridgehead atoms. The molecule has 0 saturated heterocycles. The second kappa shape index (κ2) is 11.6. The largest absolute Gasteiger partial charge is 0.426 e. The summed E-state index contributed by atoms with van der Waals surface area (Å²) in [5.41, 5.74) is 1.95. The van der Waals surface area contributed by atoms with Gasteiger partial charge in [-0.1, -0.05) is 55.3 Å². The number of hydrogen-bond donors (Lipinski definition) is 2. The summed E-state index contributed by atoms with van der Waals surface area (Å²) in [4.78, 5) is 36.7. The third kappa shape index (κ3) is 6.43. The fraction of sp³-hybridized carbons (Fsp3) is 0.276. The van der Waals surface area contributed by atoms with Crippen LogP contribution in [0.15, 0.2) is 78.4 Å². The van der Waals surface area contributed by atoms with Crippen LogP contribution in [-0.4, -0.2) is 28.9 Å². The van der Waals surface area contributed by atoms with E-state index in [-0.39, 0.29) is 24.1 Å². The van der Waals surface area contributed by atoms with Crippen molar-refractivity contribution in [1.82, 2.24) is 0 Å². The molecule has 2 N–H and O–H groups in total. The van der Waals surface area contributed by atoms with Crippen LogP contribution in [0.5, 0.6) is 5.75 Å². The van der Waals surface area contributed by atoms with E-state index in [9.17, 15) is 19.5 Å². The Balaban J connectivity index is 1.29. The van der Waals surface area contributed by atoms with E-state index in [1.165, 1.54) is 0 Å². The van der Waals surface area contributed by atoms with Crippen LogP contribution < -0.4 is 10.1 Å². The lowest BCUT2D eigenvalue weighted by molar-refractivity contribution is -0.134. The molecule has 0 saturated carbocycles. The molecule has 0 spiro atoms. The fourth-order valence-electron chi connectivity index (χ4n) is 4.29. The summed E-state index contributed by atoms with van der Waals surface area (Å²) >= 11 is 0. The topological polar surface area (TPSA) is 92.7 Å². The van der Waals surface area contributed by atoms with Crippen LogP contribution in [0.4, 0.5) is 5.69 Å². The predicted molar refractivity (Wildman–Crippen MR) is 135 cm³/mol. The number of esters is 1. The van der Waals surface area contributed by atoms with E-state index in [0.29, 0.717) is 36.3 Å². The first-order valence-electron chi connectivity index (χ1n) is 12.0. The van der Waals surface area contributed by atoms with Gasteiger partial charge in [0.25, 0.3) is 5.91 Å².